The van der Waals surface area contributed by atoms with Gasteiger partial charge in [0.05, 0.1) is 30.8 Å². The van der Waals surface area contributed by atoms with Gasteiger partial charge in [-0.3, -0.25) is 4.90 Å². The molecule has 2 atom stereocenters. The number of carbonyl (C=O) groups is 1. The molecule has 2 unspecified atom stereocenters. The topological polar surface area (TPSA) is 103 Å². The van der Waals surface area contributed by atoms with Gasteiger partial charge in [-0.2, -0.15) is 26.3 Å². The fourth-order valence-corrected chi connectivity index (χ4v) is 7.38. The van der Waals surface area contributed by atoms with Crippen LogP contribution in [-0.2, 0) is 19.6 Å². The summed E-state index contributed by atoms with van der Waals surface area (Å²) >= 11 is 5.12. The molecule has 1 saturated carbocycles. The van der Waals surface area contributed by atoms with Gasteiger partial charge in [0.15, 0.2) is 0 Å². The molecule has 16 heteroatoms. The molecule has 1 aromatic carbocycles. The van der Waals surface area contributed by atoms with Gasteiger partial charge in [0.1, 0.15) is 10.7 Å². The summed E-state index contributed by atoms with van der Waals surface area (Å²) in [7, 11) is -3.85. The van der Waals surface area contributed by atoms with E-state index in [4.69, 9.17) is 31.2 Å². The normalized spacial score (nSPS) is 23.0. The molecule has 1 aliphatic carbocycles. The van der Waals surface area contributed by atoms with E-state index >= 15 is 0 Å². The van der Waals surface area contributed by atoms with E-state index in [0.29, 0.717) is 50.7 Å². The van der Waals surface area contributed by atoms with E-state index in [9.17, 15) is 30.4 Å². The Balaban J connectivity index is 0.000000493. The zero-order valence-corrected chi connectivity index (χ0v) is 23.4. The number of anilines is 1. The minimum atomic E-state index is -5.08. The summed E-state index contributed by atoms with van der Waals surface area (Å²) in [6.07, 6.45) is -1.48. The van der Waals surface area contributed by atoms with Gasteiger partial charge in [0.25, 0.3) is 0 Å². The zero-order valence-electron chi connectivity index (χ0n) is 21.9. The fraction of sp³-hybridized carbons (Fsp3) is 0.600. The van der Waals surface area contributed by atoms with Gasteiger partial charge in [-0.15, -0.1) is 0 Å². The number of fused-ring (bicyclic) bond motifs is 2. The molecule has 228 valence electrons. The van der Waals surface area contributed by atoms with E-state index < -0.39 is 34.1 Å². The third-order valence-electron chi connectivity index (χ3n) is 7.26. The first kappa shape index (κ1) is 31.6. The standard InChI is InChI=1S/C23H29ClF2N4O3S.C2HF3O2/c24-23(25,26)16-28-9-11-29(12-10-28)22-21(15-17-5-1-2-6-18(17)27-22)34(31,32)30-13-14-33-20-8-4-3-7-19(20)30;3-2(4,5)1(6)7/h1-2,5-6,15,19-20H,3-4,7-14,16H2;(H,6,7). The van der Waals surface area contributed by atoms with Crippen LogP contribution in [0.25, 0.3) is 10.9 Å². The Bertz CT molecular complexity index is 1330. The van der Waals surface area contributed by atoms with Gasteiger partial charge in [0.2, 0.25) is 10.0 Å². The molecular weight excluding hydrogens is 599 g/mol. The number of piperazine rings is 1. The van der Waals surface area contributed by atoms with Crippen molar-refractivity contribution in [3.63, 3.8) is 0 Å². The van der Waals surface area contributed by atoms with Crippen molar-refractivity contribution in [1.82, 2.24) is 14.2 Å². The highest BCUT2D eigenvalue weighted by molar-refractivity contribution is 7.89. The number of benzene rings is 1. The molecule has 1 aromatic heterocycles. The number of carboxylic acids is 1. The van der Waals surface area contributed by atoms with Crippen LogP contribution in [0.1, 0.15) is 25.7 Å². The number of carboxylic acid groups (broad SMARTS) is 1. The van der Waals surface area contributed by atoms with Crippen molar-refractivity contribution in [2.75, 3.05) is 50.8 Å². The van der Waals surface area contributed by atoms with Crippen molar-refractivity contribution >= 4 is 44.3 Å². The van der Waals surface area contributed by atoms with Crippen molar-refractivity contribution < 1.29 is 45.0 Å². The highest BCUT2D eigenvalue weighted by atomic mass is 35.5. The smallest absolute Gasteiger partial charge is 0.475 e. The van der Waals surface area contributed by atoms with E-state index in [1.165, 1.54) is 0 Å². The van der Waals surface area contributed by atoms with Crippen molar-refractivity contribution in [3.8, 4) is 0 Å². The lowest BCUT2D eigenvalue weighted by Gasteiger charge is -2.43. The number of alkyl halides is 6. The molecule has 3 aliphatic rings. The summed E-state index contributed by atoms with van der Waals surface area (Å²) in [6.45, 7) is 1.62. The van der Waals surface area contributed by atoms with Gasteiger partial charge in [-0.25, -0.2) is 18.2 Å². The first-order valence-corrected chi connectivity index (χ1v) is 14.9. The van der Waals surface area contributed by atoms with Crippen LogP contribution in [0.4, 0.5) is 27.8 Å². The number of para-hydroxylation sites is 1. The number of aromatic nitrogens is 1. The number of morpholine rings is 1. The van der Waals surface area contributed by atoms with Gasteiger partial charge in [0, 0.05) is 38.1 Å². The van der Waals surface area contributed by atoms with E-state index in [1.54, 1.807) is 15.3 Å². The van der Waals surface area contributed by atoms with Crippen molar-refractivity contribution in [1.29, 1.82) is 0 Å². The maximum atomic E-state index is 14.1. The minimum Gasteiger partial charge on any atom is -0.475 e. The molecule has 3 fully saturated rings. The van der Waals surface area contributed by atoms with Crippen LogP contribution in [0.15, 0.2) is 35.2 Å². The molecular formula is C25H30ClF5N4O5S. The Morgan fingerprint density at radius 3 is 2.32 bits per heavy atom. The molecule has 2 aliphatic heterocycles. The number of sulfonamides is 1. The van der Waals surface area contributed by atoms with Crippen molar-refractivity contribution in [3.05, 3.63) is 30.3 Å². The summed E-state index contributed by atoms with van der Waals surface area (Å²) in [4.78, 5) is 17.3. The summed E-state index contributed by atoms with van der Waals surface area (Å²) in [5, 5.41) is 4.59. The summed E-state index contributed by atoms with van der Waals surface area (Å²) in [6, 6.07) is 8.97. The zero-order chi connectivity index (χ0) is 30.0. The number of hydrogen-bond donors (Lipinski definition) is 1. The molecule has 2 aromatic rings. The number of halogens is 6. The van der Waals surface area contributed by atoms with Crippen LogP contribution in [0.5, 0.6) is 0 Å². The third-order valence-corrected chi connectivity index (χ3v) is 9.30. The summed E-state index contributed by atoms with van der Waals surface area (Å²) in [5.74, 6) is -2.37. The second-order valence-electron chi connectivity index (χ2n) is 10.1. The van der Waals surface area contributed by atoms with E-state index in [0.717, 1.165) is 31.1 Å². The van der Waals surface area contributed by atoms with Gasteiger partial charge in [-0.1, -0.05) is 31.0 Å². The Morgan fingerprint density at radius 2 is 1.68 bits per heavy atom. The molecule has 0 radical (unpaired) electrons. The summed E-state index contributed by atoms with van der Waals surface area (Å²) < 4.78 is 93.9. The highest BCUT2D eigenvalue weighted by Gasteiger charge is 2.43. The van der Waals surface area contributed by atoms with E-state index in [1.807, 2.05) is 29.2 Å². The lowest BCUT2D eigenvalue weighted by Crippen LogP contribution is -2.55. The largest absolute Gasteiger partial charge is 0.490 e. The number of aliphatic carboxylic acids is 1. The second kappa shape index (κ2) is 12.5. The maximum Gasteiger partial charge on any atom is 0.490 e. The predicted molar refractivity (Wildman–Crippen MR) is 141 cm³/mol. The molecule has 1 N–H and O–H groups in total. The minimum absolute atomic E-state index is 0.0742. The predicted octanol–water partition coefficient (Wildman–Crippen LogP) is 4.15. The highest BCUT2D eigenvalue weighted by Crippen LogP contribution is 2.36. The second-order valence-corrected chi connectivity index (χ2v) is 12.5. The van der Waals surface area contributed by atoms with Gasteiger partial charge < -0.3 is 14.7 Å². The Morgan fingerprint density at radius 1 is 1.05 bits per heavy atom. The quantitative estimate of drug-likeness (QED) is 0.389. The SMILES string of the molecule is O=C(O)C(F)(F)F.O=S(=O)(c1cc2ccccc2nc1N1CCN(CC(F)(F)Cl)CC1)N1CCOC2CCCCC21. The molecule has 5 rings (SSSR count). The lowest BCUT2D eigenvalue weighted by atomic mass is 9.91. The van der Waals surface area contributed by atoms with Crippen LogP contribution in [0.3, 0.4) is 0 Å². The van der Waals surface area contributed by atoms with Crippen LogP contribution in [-0.4, -0.2) is 103 Å². The average molecular weight is 629 g/mol. The van der Waals surface area contributed by atoms with Crippen LogP contribution in [0, 0.1) is 0 Å². The Kier molecular flexibility index (Phi) is 9.63. The lowest BCUT2D eigenvalue weighted by molar-refractivity contribution is -0.192. The van der Waals surface area contributed by atoms with Crippen molar-refractivity contribution in [2.24, 2.45) is 0 Å². The van der Waals surface area contributed by atoms with Gasteiger partial charge in [-0.05, 0) is 36.6 Å². The fourth-order valence-electron chi connectivity index (χ4n) is 5.36. The molecule has 2 saturated heterocycles. The van der Waals surface area contributed by atoms with Crippen LogP contribution >= 0.6 is 11.6 Å². The molecule has 9 nitrogen and oxygen atoms in total. The number of pyridine rings is 1. The molecule has 0 spiro atoms. The average Bonchev–Trinajstić information content (AvgIpc) is 2.91. The molecule has 41 heavy (non-hydrogen) atoms. The first-order valence-electron chi connectivity index (χ1n) is 13.0. The Labute approximate surface area is 238 Å². The number of nitrogens with zero attached hydrogens (tertiary/aromatic N) is 4. The number of hydrogen-bond acceptors (Lipinski definition) is 7. The molecule has 0 amide bonds. The number of ether oxygens (including phenoxy) is 1. The Hall–Kier alpha value is -2.33. The monoisotopic (exact) mass is 628 g/mol. The third kappa shape index (κ3) is 7.74. The van der Waals surface area contributed by atoms with Crippen molar-refractivity contribution in [2.45, 2.75) is 54.3 Å². The maximum absolute atomic E-state index is 14.1. The summed E-state index contributed by atoms with van der Waals surface area (Å²) in [5.41, 5.74) is 0.698. The van der Waals surface area contributed by atoms with E-state index in [-0.39, 0.29) is 17.0 Å². The number of rotatable bonds is 5. The first-order chi connectivity index (χ1) is 19.2. The molecule has 3 heterocycles. The van der Waals surface area contributed by atoms with Crippen LogP contribution < -0.4 is 4.90 Å². The van der Waals surface area contributed by atoms with Gasteiger partial charge >= 0.3 is 17.5 Å². The van der Waals surface area contributed by atoms with Crippen LogP contribution in [0.2, 0.25) is 0 Å². The molecule has 0 bridgehead atoms. The van der Waals surface area contributed by atoms with E-state index in [2.05, 4.69) is 0 Å².